The molecule has 0 fully saturated rings. The standard InChI is InChI=1S/C9H11NO4/c1-3-9(6-14-7-11)5-4-8(2)10(12)13/h3-5,7H,2,6H2,1H3/b5-4-,9-3+. The van der Waals surface area contributed by atoms with Crippen LogP contribution in [0.3, 0.4) is 0 Å². The molecule has 0 aliphatic rings. The Morgan fingerprint density at radius 1 is 1.57 bits per heavy atom. The van der Waals surface area contributed by atoms with Gasteiger partial charge in [0.15, 0.2) is 0 Å². The third-order valence-corrected chi connectivity index (χ3v) is 1.41. The van der Waals surface area contributed by atoms with Crippen molar-refractivity contribution in [2.75, 3.05) is 6.61 Å². The molecular weight excluding hydrogens is 186 g/mol. The summed E-state index contributed by atoms with van der Waals surface area (Å²) in [4.78, 5) is 19.4. The van der Waals surface area contributed by atoms with Gasteiger partial charge in [0.05, 0.1) is 4.92 Å². The molecule has 0 aliphatic carbocycles. The Bertz CT molecular complexity index is 291. The monoisotopic (exact) mass is 197 g/mol. The van der Waals surface area contributed by atoms with Crippen molar-refractivity contribution in [3.05, 3.63) is 46.2 Å². The molecule has 0 unspecified atom stereocenters. The van der Waals surface area contributed by atoms with E-state index in [0.717, 1.165) is 0 Å². The summed E-state index contributed by atoms with van der Waals surface area (Å²) in [5, 5.41) is 10.2. The summed E-state index contributed by atoms with van der Waals surface area (Å²) in [7, 11) is 0. The Morgan fingerprint density at radius 2 is 2.21 bits per heavy atom. The summed E-state index contributed by atoms with van der Waals surface area (Å²) in [6.45, 7) is 5.37. The fourth-order valence-corrected chi connectivity index (χ4v) is 0.622. The van der Waals surface area contributed by atoms with Gasteiger partial charge in [-0.05, 0) is 25.2 Å². The predicted molar refractivity (Wildman–Crippen MR) is 51.0 cm³/mol. The van der Waals surface area contributed by atoms with E-state index in [9.17, 15) is 14.9 Å². The summed E-state index contributed by atoms with van der Waals surface area (Å²) in [5.41, 5.74) is 0.454. The minimum Gasteiger partial charge on any atom is -0.463 e. The number of rotatable bonds is 6. The van der Waals surface area contributed by atoms with E-state index in [1.165, 1.54) is 12.2 Å². The molecule has 5 heteroatoms. The highest BCUT2D eigenvalue weighted by molar-refractivity contribution is 5.38. The Balaban J connectivity index is 4.25. The Hall–Kier alpha value is -1.91. The molecule has 0 saturated carbocycles. The zero-order valence-electron chi connectivity index (χ0n) is 7.80. The van der Waals surface area contributed by atoms with Gasteiger partial charge in [0.2, 0.25) is 0 Å². The van der Waals surface area contributed by atoms with E-state index in [0.29, 0.717) is 12.0 Å². The summed E-state index contributed by atoms with van der Waals surface area (Å²) in [6.07, 6.45) is 4.42. The normalized spacial score (nSPS) is 11.4. The molecule has 76 valence electrons. The maximum atomic E-state index is 10.2. The van der Waals surface area contributed by atoms with Crippen molar-refractivity contribution in [1.29, 1.82) is 0 Å². The molecule has 0 aromatic heterocycles. The van der Waals surface area contributed by atoms with Crippen LogP contribution in [-0.4, -0.2) is 18.0 Å². The number of allylic oxidation sites excluding steroid dienone is 2. The van der Waals surface area contributed by atoms with Crippen LogP contribution in [-0.2, 0) is 9.53 Å². The van der Waals surface area contributed by atoms with Crippen molar-refractivity contribution in [2.24, 2.45) is 0 Å². The highest BCUT2D eigenvalue weighted by Gasteiger charge is 2.00. The third kappa shape index (κ3) is 4.87. The molecule has 14 heavy (non-hydrogen) atoms. The molecule has 0 radical (unpaired) electrons. The first-order valence-corrected chi connectivity index (χ1v) is 3.83. The first-order chi connectivity index (χ1) is 6.61. The Morgan fingerprint density at radius 3 is 2.64 bits per heavy atom. The molecule has 0 heterocycles. The first kappa shape index (κ1) is 12.1. The van der Waals surface area contributed by atoms with E-state index >= 15 is 0 Å². The van der Waals surface area contributed by atoms with Gasteiger partial charge in [-0.25, -0.2) is 0 Å². The summed E-state index contributed by atoms with van der Waals surface area (Å²) >= 11 is 0. The maximum Gasteiger partial charge on any atom is 0.293 e. The summed E-state index contributed by atoms with van der Waals surface area (Å²) < 4.78 is 4.48. The molecule has 0 spiro atoms. The number of carbonyl (C=O) groups excluding carboxylic acids is 1. The lowest BCUT2D eigenvalue weighted by Crippen LogP contribution is -1.96. The number of nitro groups is 1. The van der Waals surface area contributed by atoms with Gasteiger partial charge in [0, 0.05) is 6.08 Å². The molecular formula is C9H11NO4. The second-order valence-electron chi connectivity index (χ2n) is 2.35. The lowest BCUT2D eigenvalue weighted by Gasteiger charge is -1.97. The van der Waals surface area contributed by atoms with Crippen LogP contribution in [0, 0.1) is 10.1 Å². The van der Waals surface area contributed by atoms with Crippen molar-refractivity contribution in [3.8, 4) is 0 Å². The van der Waals surface area contributed by atoms with Gasteiger partial charge < -0.3 is 4.74 Å². The zero-order valence-corrected chi connectivity index (χ0v) is 7.80. The van der Waals surface area contributed by atoms with Crippen molar-refractivity contribution >= 4 is 6.47 Å². The fourth-order valence-electron chi connectivity index (χ4n) is 0.622. The molecule has 0 amide bonds. The van der Waals surface area contributed by atoms with Gasteiger partial charge in [0.25, 0.3) is 12.2 Å². The van der Waals surface area contributed by atoms with E-state index in [1.54, 1.807) is 13.0 Å². The molecule has 0 aliphatic heterocycles. The van der Waals surface area contributed by atoms with Gasteiger partial charge in [-0.2, -0.15) is 0 Å². The molecule has 0 aromatic rings. The highest BCUT2D eigenvalue weighted by Crippen LogP contribution is 2.01. The van der Waals surface area contributed by atoms with Gasteiger partial charge >= 0.3 is 0 Å². The minimum absolute atomic E-state index is 0.0987. The average Bonchev–Trinajstić information content (AvgIpc) is 2.17. The quantitative estimate of drug-likeness (QED) is 0.279. The first-order valence-electron chi connectivity index (χ1n) is 3.83. The van der Waals surface area contributed by atoms with Crippen LogP contribution >= 0.6 is 0 Å². The largest absolute Gasteiger partial charge is 0.463 e. The van der Waals surface area contributed by atoms with Crippen molar-refractivity contribution in [2.45, 2.75) is 6.92 Å². The van der Waals surface area contributed by atoms with Gasteiger partial charge in [-0.15, -0.1) is 0 Å². The predicted octanol–water partition coefficient (Wildman–Crippen LogP) is 1.45. The second kappa shape index (κ2) is 6.59. The van der Waals surface area contributed by atoms with Crippen LogP contribution in [0.4, 0.5) is 0 Å². The number of carbonyl (C=O) groups is 1. The average molecular weight is 197 g/mol. The maximum absolute atomic E-state index is 10.2. The molecule has 5 nitrogen and oxygen atoms in total. The van der Waals surface area contributed by atoms with Gasteiger partial charge in [0.1, 0.15) is 6.61 Å². The fraction of sp³-hybridized carbons (Fsp3) is 0.222. The van der Waals surface area contributed by atoms with Crippen molar-refractivity contribution in [3.63, 3.8) is 0 Å². The zero-order chi connectivity index (χ0) is 11.0. The number of nitrogens with zero attached hydrogens (tertiary/aromatic N) is 1. The number of ether oxygens (including phenoxy) is 1. The Kier molecular flexibility index (Phi) is 5.69. The highest BCUT2D eigenvalue weighted by atomic mass is 16.6. The van der Waals surface area contributed by atoms with Crippen LogP contribution < -0.4 is 0 Å². The lowest BCUT2D eigenvalue weighted by molar-refractivity contribution is -0.418. The molecule has 0 rings (SSSR count). The SMILES string of the molecule is C=C(/C=C\C(=C/C)COC=O)[N+](=O)[O-]. The molecule has 0 atom stereocenters. The Labute approximate surface area is 81.5 Å². The summed E-state index contributed by atoms with van der Waals surface area (Å²) in [5.74, 6) is 0. The van der Waals surface area contributed by atoms with E-state index in [4.69, 9.17) is 0 Å². The van der Waals surface area contributed by atoms with E-state index in [2.05, 4.69) is 11.3 Å². The smallest absolute Gasteiger partial charge is 0.293 e. The molecule has 0 aromatic carbocycles. The van der Waals surface area contributed by atoms with E-state index in [-0.39, 0.29) is 12.3 Å². The van der Waals surface area contributed by atoms with E-state index in [1.807, 2.05) is 0 Å². The van der Waals surface area contributed by atoms with Crippen LogP contribution in [0.1, 0.15) is 6.92 Å². The lowest BCUT2D eigenvalue weighted by atomic mass is 10.2. The minimum atomic E-state index is -0.593. The van der Waals surface area contributed by atoms with Crippen LogP contribution in [0.5, 0.6) is 0 Å². The van der Waals surface area contributed by atoms with Crippen molar-refractivity contribution in [1.82, 2.24) is 0 Å². The van der Waals surface area contributed by atoms with Crippen LogP contribution in [0.25, 0.3) is 0 Å². The van der Waals surface area contributed by atoms with Crippen LogP contribution in [0.15, 0.2) is 36.1 Å². The van der Waals surface area contributed by atoms with Gasteiger partial charge in [-0.3, -0.25) is 14.9 Å². The molecule has 0 N–H and O–H groups in total. The molecule has 0 bridgehead atoms. The molecule has 0 saturated heterocycles. The number of hydrogen-bond donors (Lipinski definition) is 0. The summed E-state index contributed by atoms with van der Waals surface area (Å²) in [6, 6.07) is 0. The van der Waals surface area contributed by atoms with Gasteiger partial charge in [-0.1, -0.05) is 6.08 Å². The van der Waals surface area contributed by atoms with Crippen LogP contribution in [0.2, 0.25) is 0 Å². The van der Waals surface area contributed by atoms with E-state index < -0.39 is 4.92 Å². The number of hydrogen-bond acceptors (Lipinski definition) is 4. The topological polar surface area (TPSA) is 69.4 Å². The van der Waals surface area contributed by atoms with Crippen molar-refractivity contribution < 1.29 is 14.5 Å². The second-order valence-corrected chi connectivity index (χ2v) is 2.35. The third-order valence-electron chi connectivity index (χ3n) is 1.41.